The summed E-state index contributed by atoms with van der Waals surface area (Å²) in [6.45, 7) is 2.86. The van der Waals surface area contributed by atoms with Crippen LogP contribution < -0.4 is 4.90 Å². The van der Waals surface area contributed by atoms with Gasteiger partial charge >= 0.3 is 0 Å². The Morgan fingerprint density at radius 2 is 1.76 bits per heavy atom. The summed E-state index contributed by atoms with van der Waals surface area (Å²) in [4.78, 5) is 6.60. The van der Waals surface area contributed by atoms with Crippen molar-refractivity contribution in [3.05, 3.63) is 95.3 Å². The van der Waals surface area contributed by atoms with Crippen LogP contribution in [-0.4, -0.2) is 11.5 Å². The highest BCUT2D eigenvalue weighted by atomic mass is 15.1. The van der Waals surface area contributed by atoms with Crippen molar-refractivity contribution in [3.63, 3.8) is 0 Å². The zero-order valence-corrected chi connectivity index (χ0v) is 16.0. The maximum Gasteiger partial charge on any atom is 0.137 e. The number of likely N-dealkylation sites (N-methyl/N-ethyl adjacent to an activating group) is 1. The lowest BCUT2D eigenvalue weighted by atomic mass is 9.93. The first kappa shape index (κ1) is 18.2. The van der Waals surface area contributed by atoms with Gasteiger partial charge in [0.05, 0.1) is 5.52 Å². The van der Waals surface area contributed by atoms with Crippen LogP contribution in [0.2, 0.25) is 0 Å². The molecule has 0 saturated heterocycles. The van der Waals surface area contributed by atoms with Gasteiger partial charge in [-0.2, -0.15) is 10.5 Å². The third-order valence-corrected chi connectivity index (χ3v) is 5.01. The fourth-order valence-electron chi connectivity index (χ4n) is 3.66. The molecule has 0 unspecified atom stereocenters. The molecule has 4 heteroatoms. The van der Waals surface area contributed by atoms with Crippen molar-refractivity contribution in [2.24, 2.45) is 0 Å². The number of fused-ring (bicyclic) bond motifs is 2. The average Bonchev–Trinajstić information content (AvgIpc) is 2.78. The van der Waals surface area contributed by atoms with Gasteiger partial charge in [-0.1, -0.05) is 42.5 Å². The molecule has 0 bridgehead atoms. The molecule has 4 rings (SSSR count). The van der Waals surface area contributed by atoms with Crippen LogP contribution in [0, 0.1) is 22.7 Å². The molecule has 0 saturated carbocycles. The Morgan fingerprint density at radius 3 is 2.55 bits per heavy atom. The zero-order chi connectivity index (χ0) is 20.2. The van der Waals surface area contributed by atoms with Crippen LogP contribution in [-0.2, 0) is 0 Å². The molecule has 0 aliphatic carbocycles. The highest BCUT2D eigenvalue weighted by molar-refractivity contribution is 5.93. The molecule has 0 fully saturated rings. The van der Waals surface area contributed by atoms with E-state index in [1.165, 1.54) is 0 Å². The number of hydrogen-bond acceptors (Lipinski definition) is 4. The van der Waals surface area contributed by atoms with Crippen molar-refractivity contribution in [1.29, 1.82) is 10.5 Å². The van der Waals surface area contributed by atoms with Crippen molar-refractivity contribution in [2.45, 2.75) is 6.92 Å². The molecule has 0 N–H and O–H groups in total. The Labute approximate surface area is 170 Å². The van der Waals surface area contributed by atoms with Crippen LogP contribution in [0.25, 0.3) is 22.6 Å². The van der Waals surface area contributed by atoms with Crippen molar-refractivity contribution in [3.8, 4) is 12.1 Å². The zero-order valence-electron chi connectivity index (χ0n) is 16.0. The van der Waals surface area contributed by atoms with Crippen LogP contribution in [0.4, 0.5) is 5.69 Å². The van der Waals surface area contributed by atoms with E-state index in [4.69, 9.17) is 0 Å². The van der Waals surface area contributed by atoms with Gasteiger partial charge in [0, 0.05) is 40.6 Å². The monoisotopic (exact) mass is 374 g/mol. The summed E-state index contributed by atoms with van der Waals surface area (Å²) in [6, 6.07) is 22.0. The van der Waals surface area contributed by atoms with E-state index < -0.39 is 0 Å². The van der Waals surface area contributed by atoms with E-state index in [1.807, 2.05) is 72.8 Å². The molecule has 138 valence electrons. The van der Waals surface area contributed by atoms with Crippen LogP contribution in [0.3, 0.4) is 0 Å². The van der Waals surface area contributed by atoms with E-state index in [1.54, 1.807) is 6.20 Å². The summed E-state index contributed by atoms with van der Waals surface area (Å²) in [6.07, 6.45) is 7.82. The number of benzene rings is 2. The molecule has 1 aliphatic heterocycles. The van der Waals surface area contributed by atoms with E-state index in [9.17, 15) is 10.5 Å². The number of aromatic nitrogens is 1. The van der Waals surface area contributed by atoms with E-state index in [0.717, 1.165) is 40.0 Å². The van der Waals surface area contributed by atoms with Crippen LogP contribution in [0.1, 0.15) is 18.1 Å². The topological polar surface area (TPSA) is 63.7 Å². The maximum atomic E-state index is 9.44. The smallest absolute Gasteiger partial charge is 0.137 e. The van der Waals surface area contributed by atoms with Gasteiger partial charge in [0.15, 0.2) is 0 Å². The number of nitrogens with zero attached hydrogens (tertiary/aromatic N) is 4. The lowest BCUT2D eigenvalue weighted by Crippen LogP contribution is -2.25. The summed E-state index contributed by atoms with van der Waals surface area (Å²) < 4.78 is 0. The van der Waals surface area contributed by atoms with E-state index in [-0.39, 0.29) is 5.57 Å². The number of anilines is 1. The van der Waals surface area contributed by atoms with Crippen LogP contribution >= 0.6 is 0 Å². The minimum Gasteiger partial charge on any atom is -0.341 e. The number of allylic oxidation sites excluding steroid dienone is 4. The largest absolute Gasteiger partial charge is 0.341 e. The molecule has 0 atom stereocenters. The predicted molar refractivity (Wildman–Crippen MR) is 116 cm³/mol. The molecule has 0 radical (unpaired) electrons. The van der Waals surface area contributed by atoms with Gasteiger partial charge in [0.2, 0.25) is 0 Å². The second kappa shape index (κ2) is 7.84. The number of hydrogen-bond donors (Lipinski definition) is 0. The molecule has 2 aromatic carbocycles. The summed E-state index contributed by atoms with van der Waals surface area (Å²) in [5, 5.41) is 20.0. The second-order valence-corrected chi connectivity index (χ2v) is 6.59. The lowest BCUT2D eigenvalue weighted by molar-refractivity contribution is 0.970. The van der Waals surface area contributed by atoms with Gasteiger partial charge in [-0.15, -0.1) is 0 Å². The fourth-order valence-corrected chi connectivity index (χ4v) is 3.66. The van der Waals surface area contributed by atoms with Crippen molar-refractivity contribution < 1.29 is 0 Å². The highest BCUT2D eigenvalue weighted by Crippen LogP contribution is 2.38. The van der Waals surface area contributed by atoms with Gasteiger partial charge in [0.25, 0.3) is 0 Å². The quantitative estimate of drug-likeness (QED) is 0.570. The summed E-state index contributed by atoms with van der Waals surface area (Å²) in [5.41, 5.74) is 5.63. The SMILES string of the molecule is CCN1C(/C=C/c2ccnc3ccccc23)=CC(=C(C#N)C#N)c2ccccc21. The molecule has 3 aromatic rings. The van der Waals surface area contributed by atoms with E-state index in [2.05, 4.69) is 29.0 Å². The molecule has 0 spiro atoms. The molecule has 0 amide bonds. The van der Waals surface area contributed by atoms with Gasteiger partial charge < -0.3 is 4.90 Å². The maximum absolute atomic E-state index is 9.44. The number of nitriles is 2. The molecule has 2 heterocycles. The number of para-hydroxylation sites is 2. The van der Waals surface area contributed by atoms with Crippen molar-refractivity contribution in [2.75, 3.05) is 11.4 Å². The van der Waals surface area contributed by atoms with Gasteiger partial charge in [-0.3, -0.25) is 4.98 Å². The molecule has 1 aliphatic rings. The Kier molecular flexibility index (Phi) is 4.93. The minimum absolute atomic E-state index is 0.119. The average molecular weight is 374 g/mol. The van der Waals surface area contributed by atoms with E-state index >= 15 is 0 Å². The predicted octanol–water partition coefficient (Wildman–Crippen LogP) is 5.47. The summed E-state index contributed by atoms with van der Waals surface area (Å²) in [5.74, 6) is 0. The number of pyridine rings is 1. The first-order valence-electron chi connectivity index (χ1n) is 9.41. The molecule has 29 heavy (non-hydrogen) atoms. The molecule has 1 aromatic heterocycles. The van der Waals surface area contributed by atoms with Gasteiger partial charge in [-0.05, 0) is 42.8 Å². The van der Waals surface area contributed by atoms with Crippen LogP contribution in [0.15, 0.2) is 84.2 Å². The lowest BCUT2D eigenvalue weighted by Gasteiger charge is -2.31. The third-order valence-electron chi connectivity index (χ3n) is 5.01. The van der Waals surface area contributed by atoms with Crippen molar-refractivity contribution >= 4 is 28.2 Å². The number of rotatable bonds is 3. The molecular formula is C25H18N4. The molecule has 4 nitrogen and oxygen atoms in total. The van der Waals surface area contributed by atoms with Crippen LogP contribution in [0.5, 0.6) is 0 Å². The Bertz CT molecular complexity index is 1240. The standard InChI is InChI=1S/C25H18N4/c1-2-29-20(12-11-18-13-14-28-24-9-5-3-7-21(18)24)15-23(19(16-26)17-27)22-8-4-6-10-25(22)29/h3-15H,2H2,1H3/b12-11+. The summed E-state index contributed by atoms with van der Waals surface area (Å²) in [7, 11) is 0. The second-order valence-electron chi connectivity index (χ2n) is 6.59. The van der Waals surface area contributed by atoms with Gasteiger partial charge in [-0.25, -0.2) is 0 Å². The Hall–Kier alpha value is -4.15. The van der Waals surface area contributed by atoms with Gasteiger partial charge in [0.1, 0.15) is 17.7 Å². The first-order valence-corrected chi connectivity index (χ1v) is 9.41. The summed E-state index contributed by atoms with van der Waals surface area (Å²) >= 11 is 0. The minimum atomic E-state index is 0.119. The first-order chi connectivity index (χ1) is 14.3. The Balaban J connectivity index is 1.86. The third kappa shape index (κ3) is 3.29. The Morgan fingerprint density at radius 1 is 1.00 bits per heavy atom. The van der Waals surface area contributed by atoms with Crippen molar-refractivity contribution in [1.82, 2.24) is 4.98 Å². The fraction of sp³-hybridized carbons (Fsp3) is 0.0800. The highest BCUT2D eigenvalue weighted by Gasteiger charge is 2.22. The normalized spacial score (nSPS) is 13.0. The molecular weight excluding hydrogens is 356 g/mol. The van der Waals surface area contributed by atoms with E-state index in [0.29, 0.717) is 5.57 Å².